The predicted molar refractivity (Wildman–Crippen MR) is 73.9 cm³/mol. The van der Waals surface area contributed by atoms with Gasteiger partial charge >= 0.3 is 0 Å². The van der Waals surface area contributed by atoms with Crippen LogP contribution in [0.25, 0.3) is 0 Å². The molecule has 1 aliphatic heterocycles. The molecule has 4 heteroatoms. The normalized spacial score (nSPS) is 18.5. The quantitative estimate of drug-likeness (QED) is 0.905. The fraction of sp³-hybridized carbons (Fsp3) is 0.615. The molecule has 1 aromatic rings. The third kappa shape index (κ3) is 4.37. The van der Waals surface area contributed by atoms with Gasteiger partial charge in [-0.05, 0) is 60.4 Å². The molecule has 0 saturated carbocycles. The predicted octanol–water partition coefficient (Wildman–Crippen LogP) is 2.42. The van der Waals surface area contributed by atoms with Crippen LogP contribution in [-0.2, 0) is 6.54 Å². The third-order valence-corrected chi connectivity index (χ3v) is 3.58. The fourth-order valence-corrected chi connectivity index (χ4v) is 2.67. The minimum atomic E-state index is 0.534. The summed E-state index contributed by atoms with van der Waals surface area (Å²) in [6, 6.07) is 2.65. The van der Waals surface area contributed by atoms with Crippen LogP contribution >= 0.6 is 15.9 Å². The van der Waals surface area contributed by atoms with Crippen molar-refractivity contribution in [3.63, 3.8) is 0 Å². The van der Waals surface area contributed by atoms with E-state index >= 15 is 0 Å². The van der Waals surface area contributed by atoms with E-state index in [2.05, 4.69) is 44.1 Å². The zero-order chi connectivity index (χ0) is 12.1. The minimum absolute atomic E-state index is 0.534. The summed E-state index contributed by atoms with van der Waals surface area (Å²) in [6.07, 6.45) is 6.46. The molecule has 0 spiro atoms. The molecule has 3 nitrogen and oxygen atoms in total. The van der Waals surface area contributed by atoms with Gasteiger partial charge in [0.25, 0.3) is 0 Å². The molecular weight excluding hydrogens is 278 g/mol. The topological polar surface area (TPSA) is 28.2 Å². The van der Waals surface area contributed by atoms with E-state index < -0.39 is 0 Å². The number of aromatic nitrogens is 1. The van der Waals surface area contributed by atoms with Gasteiger partial charge in [-0.3, -0.25) is 4.98 Å². The van der Waals surface area contributed by atoms with Crippen molar-refractivity contribution in [1.29, 1.82) is 0 Å². The van der Waals surface area contributed by atoms with E-state index in [9.17, 15) is 0 Å². The second kappa shape index (κ2) is 6.47. The van der Waals surface area contributed by atoms with Gasteiger partial charge in [0.2, 0.25) is 0 Å². The van der Waals surface area contributed by atoms with Crippen LogP contribution in [0.1, 0.15) is 25.3 Å². The zero-order valence-electron chi connectivity index (χ0n) is 10.3. The molecule has 1 N–H and O–H groups in total. The summed E-state index contributed by atoms with van der Waals surface area (Å²) in [5.74, 6) is 0. The summed E-state index contributed by atoms with van der Waals surface area (Å²) >= 11 is 3.44. The number of hydrogen-bond acceptors (Lipinski definition) is 3. The van der Waals surface area contributed by atoms with Crippen molar-refractivity contribution < 1.29 is 0 Å². The Balaban J connectivity index is 1.73. The summed E-state index contributed by atoms with van der Waals surface area (Å²) in [7, 11) is 0. The number of pyridine rings is 1. The Bertz CT molecular complexity index is 350. The van der Waals surface area contributed by atoms with Gasteiger partial charge in [-0.2, -0.15) is 0 Å². The van der Waals surface area contributed by atoms with E-state index in [0.29, 0.717) is 6.04 Å². The van der Waals surface area contributed by atoms with Crippen molar-refractivity contribution in [2.24, 2.45) is 0 Å². The van der Waals surface area contributed by atoms with Crippen LogP contribution < -0.4 is 5.32 Å². The van der Waals surface area contributed by atoms with Crippen molar-refractivity contribution in [3.8, 4) is 0 Å². The van der Waals surface area contributed by atoms with E-state index in [1.54, 1.807) is 0 Å². The molecule has 1 fully saturated rings. The summed E-state index contributed by atoms with van der Waals surface area (Å²) in [6.45, 7) is 6.83. The van der Waals surface area contributed by atoms with Crippen LogP contribution in [0.3, 0.4) is 0 Å². The van der Waals surface area contributed by atoms with E-state index in [1.807, 2.05) is 12.4 Å². The van der Waals surface area contributed by atoms with Gasteiger partial charge in [0, 0.05) is 36.0 Å². The van der Waals surface area contributed by atoms with Gasteiger partial charge < -0.3 is 10.2 Å². The maximum Gasteiger partial charge on any atom is 0.0410 e. The summed E-state index contributed by atoms with van der Waals surface area (Å²) in [5, 5.41) is 3.55. The molecule has 0 radical (unpaired) electrons. The Morgan fingerprint density at radius 2 is 2.18 bits per heavy atom. The number of nitrogens with one attached hydrogen (secondary N) is 1. The largest absolute Gasteiger partial charge is 0.309 e. The van der Waals surface area contributed by atoms with Gasteiger partial charge in [0.1, 0.15) is 0 Å². The van der Waals surface area contributed by atoms with E-state index in [-0.39, 0.29) is 0 Å². The molecule has 94 valence electrons. The molecule has 1 aliphatic rings. The molecule has 17 heavy (non-hydrogen) atoms. The average Bonchev–Trinajstić information content (AvgIpc) is 2.79. The molecule has 0 aromatic carbocycles. The lowest BCUT2D eigenvalue weighted by Gasteiger charge is -2.21. The molecule has 1 saturated heterocycles. The highest BCUT2D eigenvalue weighted by atomic mass is 79.9. The highest BCUT2D eigenvalue weighted by Gasteiger charge is 2.14. The van der Waals surface area contributed by atoms with Crippen LogP contribution in [-0.4, -0.2) is 35.6 Å². The lowest BCUT2D eigenvalue weighted by atomic mass is 10.2. The molecule has 1 aromatic heterocycles. The van der Waals surface area contributed by atoms with Crippen LogP contribution in [0.2, 0.25) is 0 Å². The van der Waals surface area contributed by atoms with E-state index in [4.69, 9.17) is 0 Å². The first-order valence-corrected chi connectivity index (χ1v) is 7.08. The second-order valence-corrected chi connectivity index (χ2v) is 5.72. The highest BCUT2D eigenvalue weighted by molar-refractivity contribution is 9.10. The molecule has 0 bridgehead atoms. The molecule has 1 atom stereocenters. The van der Waals surface area contributed by atoms with Crippen LogP contribution in [0.4, 0.5) is 0 Å². The maximum absolute atomic E-state index is 4.17. The van der Waals surface area contributed by atoms with Gasteiger partial charge in [-0.15, -0.1) is 0 Å². The summed E-state index contributed by atoms with van der Waals surface area (Å²) in [4.78, 5) is 6.71. The second-order valence-electron chi connectivity index (χ2n) is 4.80. The monoisotopic (exact) mass is 297 g/mol. The summed E-state index contributed by atoms with van der Waals surface area (Å²) < 4.78 is 1.05. The van der Waals surface area contributed by atoms with Crippen molar-refractivity contribution in [2.75, 3.05) is 19.6 Å². The van der Waals surface area contributed by atoms with Crippen molar-refractivity contribution in [1.82, 2.24) is 15.2 Å². The van der Waals surface area contributed by atoms with Gasteiger partial charge in [0.15, 0.2) is 0 Å². The lowest BCUT2D eigenvalue weighted by molar-refractivity contribution is 0.298. The van der Waals surface area contributed by atoms with Crippen molar-refractivity contribution >= 4 is 15.9 Å². The molecule has 2 rings (SSSR count). The SMILES string of the molecule is CC(CN1CCCC1)NCc1cncc(Br)c1. The lowest BCUT2D eigenvalue weighted by Crippen LogP contribution is -2.37. The Morgan fingerprint density at radius 3 is 2.88 bits per heavy atom. The standard InChI is InChI=1S/C13H20BrN3/c1-11(10-17-4-2-3-5-17)16-8-12-6-13(14)9-15-7-12/h6-7,9,11,16H,2-5,8,10H2,1H3. The van der Waals surface area contributed by atoms with E-state index in [0.717, 1.165) is 17.6 Å². The molecule has 0 aliphatic carbocycles. The Kier molecular flexibility index (Phi) is 4.95. The third-order valence-electron chi connectivity index (χ3n) is 3.15. The van der Waals surface area contributed by atoms with E-state index in [1.165, 1.54) is 31.5 Å². The van der Waals surface area contributed by atoms with Gasteiger partial charge in [-0.1, -0.05) is 0 Å². The first kappa shape index (κ1) is 13.0. The first-order valence-electron chi connectivity index (χ1n) is 6.29. The maximum atomic E-state index is 4.17. The zero-order valence-corrected chi connectivity index (χ0v) is 11.9. The van der Waals surface area contributed by atoms with Gasteiger partial charge in [0.05, 0.1) is 0 Å². The average molecular weight is 298 g/mol. The molecule has 1 unspecified atom stereocenters. The fourth-order valence-electron chi connectivity index (χ4n) is 2.26. The number of halogens is 1. The Labute approximate surface area is 112 Å². The number of rotatable bonds is 5. The number of hydrogen-bond donors (Lipinski definition) is 1. The van der Waals surface area contributed by atoms with Crippen molar-refractivity contribution in [2.45, 2.75) is 32.4 Å². The van der Waals surface area contributed by atoms with Crippen molar-refractivity contribution in [3.05, 3.63) is 28.5 Å². The number of likely N-dealkylation sites (tertiary alicyclic amines) is 1. The van der Waals surface area contributed by atoms with Crippen LogP contribution in [0.15, 0.2) is 22.9 Å². The smallest absolute Gasteiger partial charge is 0.0410 e. The first-order chi connectivity index (χ1) is 8.24. The summed E-state index contributed by atoms with van der Waals surface area (Å²) in [5.41, 5.74) is 1.23. The molecule has 2 heterocycles. The van der Waals surface area contributed by atoms with Gasteiger partial charge in [-0.25, -0.2) is 0 Å². The molecular formula is C13H20BrN3. The van der Waals surface area contributed by atoms with Crippen LogP contribution in [0, 0.1) is 0 Å². The Hall–Kier alpha value is -0.450. The minimum Gasteiger partial charge on any atom is -0.309 e. The molecule has 0 amide bonds. The highest BCUT2D eigenvalue weighted by Crippen LogP contribution is 2.10. The number of nitrogens with zero attached hydrogens (tertiary/aromatic N) is 2. The van der Waals surface area contributed by atoms with Crippen LogP contribution in [0.5, 0.6) is 0 Å². The Morgan fingerprint density at radius 1 is 1.41 bits per heavy atom.